The second kappa shape index (κ2) is 7.42. The average molecular weight is 376 g/mol. The Labute approximate surface area is 161 Å². The van der Waals surface area contributed by atoms with Crippen molar-refractivity contribution in [3.63, 3.8) is 0 Å². The Kier molecular flexibility index (Phi) is 4.83. The number of aromatic nitrogens is 3. The van der Waals surface area contributed by atoms with Gasteiger partial charge in [0.05, 0.1) is 23.1 Å². The Morgan fingerprint density at radius 3 is 2.63 bits per heavy atom. The molecule has 4 aromatic rings. The van der Waals surface area contributed by atoms with Crippen molar-refractivity contribution in [3.8, 4) is 10.6 Å². The number of rotatable bonds is 5. The maximum Gasteiger partial charge on any atom is 0.258 e. The lowest BCUT2D eigenvalue weighted by Gasteiger charge is -2.14. The van der Waals surface area contributed by atoms with Crippen molar-refractivity contribution in [3.05, 3.63) is 81.3 Å². The van der Waals surface area contributed by atoms with Crippen LogP contribution in [-0.2, 0) is 13.1 Å². The van der Waals surface area contributed by atoms with Crippen LogP contribution in [0.2, 0.25) is 0 Å². The molecule has 0 radical (unpaired) electrons. The number of para-hydroxylation sites is 1. The van der Waals surface area contributed by atoms with Crippen LogP contribution in [0.5, 0.6) is 0 Å². The fraction of sp³-hybridized carbons (Fsp3) is 0.190. The highest BCUT2D eigenvalue weighted by Crippen LogP contribution is 2.24. The first kappa shape index (κ1) is 17.6. The molecule has 0 aliphatic heterocycles. The summed E-state index contributed by atoms with van der Waals surface area (Å²) < 4.78 is 0. The fourth-order valence-corrected chi connectivity index (χ4v) is 3.82. The van der Waals surface area contributed by atoms with Crippen LogP contribution in [-0.4, -0.2) is 26.9 Å². The summed E-state index contributed by atoms with van der Waals surface area (Å²) in [6, 6.07) is 15.8. The molecule has 5 nitrogen and oxygen atoms in total. The van der Waals surface area contributed by atoms with Gasteiger partial charge in [-0.05, 0) is 26.1 Å². The Bertz CT molecular complexity index is 1130. The summed E-state index contributed by atoms with van der Waals surface area (Å²) in [6.45, 7) is 3.33. The molecule has 2 aromatic carbocycles. The predicted octanol–water partition coefficient (Wildman–Crippen LogP) is 3.99. The molecular weight excluding hydrogens is 356 g/mol. The van der Waals surface area contributed by atoms with Crippen molar-refractivity contribution in [1.82, 2.24) is 19.9 Å². The predicted molar refractivity (Wildman–Crippen MR) is 110 cm³/mol. The number of nitrogens with zero attached hydrogens (tertiary/aromatic N) is 3. The average Bonchev–Trinajstić information content (AvgIpc) is 3.10. The molecule has 0 saturated carbocycles. The van der Waals surface area contributed by atoms with Crippen molar-refractivity contribution in [2.45, 2.75) is 20.0 Å². The second-order valence-corrected chi connectivity index (χ2v) is 7.57. The van der Waals surface area contributed by atoms with Crippen molar-refractivity contribution in [2.24, 2.45) is 0 Å². The first-order valence-corrected chi connectivity index (χ1v) is 9.64. The fourth-order valence-electron chi connectivity index (χ4n) is 3.01. The topological polar surface area (TPSA) is 61.9 Å². The van der Waals surface area contributed by atoms with E-state index in [1.165, 1.54) is 5.56 Å². The summed E-state index contributed by atoms with van der Waals surface area (Å²) >= 11 is 1.65. The number of fused-ring (bicyclic) bond motifs is 1. The van der Waals surface area contributed by atoms with Crippen LogP contribution >= 0.6 is 11.3 Å². The highest BCUT2D eigenvalue weighted by Gasteiger charge is 2.10. The number of nitrogens with one attached hydrogen (secondary N) is 1. The zero-order chi connectivity index (χ0) is 18.8. The summed E-state index contributed by atoms with van der Waals surface area (Å²) in [5, 5.41) is 3.73. The number of aromatic amines is 1. The lowest BCUT2D eigenvalue weighted by Crippen LogP contribution is -2.22. The molecule has 0 saturated heterocycles. The molecule has 27 heavy (non-hydrogen) atoms. The van der Waals surface area contributed by atoms with Gasteiger partial charge in [0.2, 0.25) is 0 Å². The smallest absolute Gasteiger partial charge is 0.258 e. The van der Waals surface area contributed by atoms with E-state index in [2.05, 4.69) is 51.4 Å². The van der Waals surface area contributed by atoms with E-state index in [1.807, 2.05) is 25.2 Å². The third-order valence-corrected chi connectivity index (χ3v) is 5.30. The molecule has 0 spiro atoms. The number of H-pyrrole nitrogens is 1. The van der Waals surface area contributed by atoms with Gasteiger partial charge in [-0.15, -0.1) is 11.3 Å². The number of thiazole rings is 1. The van der Waals surface area contributed by atoms with Crippen LogP contribution in [0.1, 0.15) is 17.1 Å². The van der Waals surface area contributed by atoms with Gasteiger partial charge in [0.15, 0.2) is 0 Å². The van der Waals surface area contributed by atoms with Gasteiger partial charge < -0.3 is 4.98 Å². The molecule has 2 heterocycles. The molecule has 6 heteroatoms. The zero-order valence-electron chi connectivity index (χ0n) is 15.3. The van der Waals surface area contributed by atoms with Crippen LogP contribution in [0.3, 0.4) is 0 Å². The van der Waals surface area contributed by atoms with Crippen molar-refractivity contribution in [2.75, 3.05) is 7.05 Å². The minimum absolute atomic E-state index is 0.0979. The van der Waals surface area contributed by atoms with Gasteiger partial charge in [-0.2, -0.15) is 0 Å². The van der Waals surface area contributed by atoms with Gasteiger partial charge in [0, 0.05) is 17.5 Å². The maximum absolute atomic E-state index is 12.2. The van der Waals surface area contributed by atoms with E-state index in [9.17, 15) is 4.79 Å². The molecule has 0 unspecified atom stereocenters. The van der Waals surface area contributed by atoms with E-state index in [0.717, 1.165) is 21.8 Å². The van der Waals surface area contributed by atoms with Gasteiger partial charge in [-0.25, -0.2) is 9.97 Å². The molecule has 0 bridgehead atoms. The summed E-state index contributed by atoms with van der Waals surface area (Å²) in [6.07, 6.45) is 0. The highest BCUT2D eigenvalue weighted by atomic mass is 32.1. The quantitative estimate of drug-likeness (QED) is 0.572. The zero-order valence-corrected chi connectivity index (χ0v) is 16.1. The molecule has 1 N–H and O–H groups in total. The lowest BCUT2D eigenvalue weighted by atomic mass is 10.2. The number of hydrogen-bond acceptors (Lipinski definition) is 5. The first-order chi connectivity index (χ1) is 13.1. The van der Waals surface area contributed by atoms with Crippen LogP contribution in [0, 0.1) is 6.92 Å². The standard InChI is InChI=1S/C21H20N4OS/c1-14-7-9-15(10-8-14)21-22-16(13-27-21)11-25(2)12-19-23-18-6-4-3-5-17(18)20(26)24-19/h3-10,13H,11-12H2,1-2H3,(H,23,24,26). The normalized spacial score (nSPS) is 11.4. The van der Waals surface area contributed by atoms with Crippen molar-refractivity contribution < 1.29 is 0 Å². The largest absolute Gasteiger partial charge is 0.309 e. The summed E-state index contributed by atoms with van der Waals surface area (Å²) in [4.78, 5) is 26.5. The van der Waals surface area contributed by atoms with E-state index in [1.54, 1.807) is 17.4 Å². The molecule has 0 atom stereocenters. The van der Waals surface area contributed by atoms with E-state index in [4.69, 9.17) is 4.98 Å². The minimum Gasteiger partial charge on any atom is -0.309 e. The summed E-state index contributed by atoms with van der Waals surface area (Å²) in [5.41, 5.74) is 4.02. The third-order valence-electron chi connectivity index (χ3n) is 4.36. The van der Waals surface area contributed by atoms with Gasteiger partial charge in [-0.1, -0.05) is 42.0 Å². The first-order valence-electron chi connectivity index (χ1n) is 8.76. The van der Waals surface area contributed by atoms with Gasteiger partial charge in [-0.3, -0.25) is 9.69 Å². The Hall–Kier alpha value is -2.83. The third kappa shape index (κ3) is 3.97. The van der Waals surface area contributed by atoms with Gasteiger partial charge in [0.1, 0.15) is 10.8 Å². The maximum atomic E-state index is 12.2. The van der Waals surface area contributed by atoms with Crippen molar-refractivity contribution in [1.29, 1.82) is 0 Å². The minimum atomic E-state index is -0.0979. The number of aryl methyl sites for hydroxylation is 1. The SMILES string of the molecule is Cc1ccc(-c2nc(CN(C)Cc3nc4ccccc4c(=O)[nH]3)cs2)cc1. The van der Waals surface area contributed by atoms with Gasteiger partial charge >= 0.3 is 0 Å². The Balaban J connectivity index is 1.48. The Morgan fingerprint density at radius 1 is 1.04 bits per heavy atom. The van der Waals surface area contributed by atoms with E-state index in [0.29, 0.717) is 24.3 Å². The molecule has 136 valence electrons. The number of hydrogen-bond donors (Lipinski definition) is 1. The Morgan fingerprint density at radius 2 is 1.81 bits per heavy atom. The molecule has 0 aliphatic carbocycles. The van der Waals surface area contributed by atoms with E-state index in [-0.39, 0.29) is 5.56 Å². The molecule has 2 aromatic heterocycles. The van der Waals surface area contributed by atoms with Crippen LogP contribution in [0.15, 0.2) is 58.7 Å². The summed E-state index contributed by atoms with van der Waals surface area (Å²) in [5.74, 6) is 0.662. The molecular formula is C21H20N4OS. The second-order valence-electron chi connectivity index (χ2n) is 6.71. The molecule has 4 rings (SSSR count). The van der Waals surface area contributed by atoms with E-state index < -0.39 is 0 Å². The summed E-state index contributed by atoms with van der Waals surface area (Å²) in [7, 11) is 2.00. The molecule has 0 aliphatic rings. The van der Waals surface area contributed by atoms with Crippen LogP contribution in [0.4, 0.5) is 0 Å². The monoisotopic (exact) mass is 376 g/mol. The van der Waals surface area contributed by atoms with Crippen molar-refractivity contribution >= 4 is 22.2 Å². The van der Waals surface area contributed by atoms with Crippen LogP contribution in [0.25, 0.3) is 21.5 Å². The molecule has 0 amide bonds. The number of benzene rings is 2. The molecule has 0 fully saturated rings. The van der Waals surface area contributed by atoms with Gasteiger partial charge in [0.25, 0.3) is 5.56 Å². The van der Waals surface area contributed by atoms with Crippen LogP contribution < -0.4 is 5.56 Å². The highest BCUT2D eigenvalue weighted by molar-refractivity contribution is 7.13. The lowest BCUT2D eigenvalue weighted by molar-refractivity contribution is 0.307. The van der Waals surface area contributed by atoms with E-state index >= 15 is 0 Å².